The van der Waals surface area contributed by atoms with E-state index in [1.165, 1.54) is 29.5 Å². The molecule has 2 aromatic carbocycles. The van der Waals surface area contributed by atoms with Gasteiger partial charge in [-0.2, -0.15) is 0 Å². The molecule has 6 nitrogen and oxygen atoms in total. The van der Waals surface area contributed by atoms with Crippen LogP contribution in [-0.4, -0.2) is 32.2 Å². The van der Waals surface area contributed by atoms with E-state index in [0.717, 1.165) is 24.8 Å². The Kier molecular flexibility index (Phi) is 10.1. The highest BCUT2D eigenvalue weighted by Gasteiger charge is 2.22. The summed E-state index contributed by atoms with van der Waals surface area (Å²) in [4.78, 5) is 25.4. The largest absolute Gasteiger partial charge is 0.493 e. The lowest BCUT2D eigenvalue weighted by Crippen LogP contribution is -2.12. The van der Waals surface area contributed by atoms with Crippen LogP contribution in [0.2, 0.25) is 0 Å². The van der Waals surface area contributed by atoms with Gasteiger partial charge in [-0.3, -0.25) is 4.79 Å². The van der Waals surface area contributed by atoms with Crippen LogP contribution in [0.25, 0.3) is 17.2 Å². The van der Waals surface area contributed by atoms with Gasteiger partial charge in [-0.05, 0) is 54.8 Å². The summed E-state index contributed by atoms with van der Waals surface area (Å²) >= 11 is 1.20. The molecule has 0 aliphatic rings. The molecule has 8 heteroatoms. The zero-order valence-corrected chi connectivity index (χ0v) is 21.5. The van der Waals surface area contributed by atoms with Gasteiger partial charge >= 0.3 is 5.97 Å². The zero-order valence-electron chi connectivity index (χ0n) is 20.6. The topological polar surface area (TPSA) is 73.9 Å². The Morgan fingerprint density at radius 2 is 1.83 bits per heavy atom. The van der Waals surface area contributed by atoms with Crippen LogP contribution in [0.15, 0.2) is 53.9 Å². The van der Waals surface area contributed by atoms with Crippen LogP contribution in [0, 0.1) is 5.82 Å². The Labute approximate surface area is 214 Å². The van der Waals surface area contributed by atoms with Crippen LogP contribution in [0.1, 0.15) is 49.0 Å². The van der Waals surface area contributed by atoms with E-state index in [9.17, 15) is 14.0 Å². The van der Waals surface area contributed by atoms with Crippen molar-refractivity contribution >= 4 is 34.3 Å². The summed E-state index contributed by atoms with van der Waals surface area (Å²) in [7, 11) is 1.57. The predicted octanol–water partition coefficient (Wildman–Crippen LogP) is 6.96. The molecule has 0 saturated heterocycles. The minimum absolute atomic E-state index is 0.185. The summed E-state index contributed by atoms with van der Waals surface area (Å²) in [6.45, 7) is 4.65. The highest BCUT2D eigenvalue weighted by molar-refractivity contribution is 7.15. The maximum atomic E-state index is 13.4. The quantitative estimate of drug-likeness (QED) is 0.162. The van der Waals surface area contributed by atoms with Gasteiger partial charge < -0.3 is 19.5 Å². The van der Waals surface area contributed by atoms with E-state index in [1.54, 1.807) is 43.7 Å². The summed E-state index contributed by atoms with van der Waals surface area (Å²) in [5.74, 6) is -0.108. The molecular formula is C28H30FNO5S. The molecule has 3 rings (SSSR count). The highest BCUT2D eigenvalue weighted by Crippen LogP contribution is 2.36. The lowest BCUT2D eigenvalue weighted by molar-refractivity contribution is -0.111. The summed E-state index contributed by atoms with van der Waals surface area (Å²) in [6.07, 6.45) is 6.22. The molecule has 1 N–H and O–H groups in total. The first kappa shape index (κ1) is 26.9. The number of amides is 1. The Morgan fingerprint density at radius 3 is 2.53 bits per heavy atom. The molecule has 190 valence electrons. The van der Waals surface area contributed by atoms with Crippen molar-refractivity contribution in [3.63, 3.8) is 0 Å². The molecule has 0 aliphatic carbocycles. The van der Waals surface area contributed by atoms with Crippen LogP contribution in [0.5, 0.6) is 11.5 Å². The Hall–Kier alpha value is -3.65. The number of hydrogen-bond donors (Lipinski definition) is 1. The lowest BCUT2D eigenvalue weighted by atomic mass is 10.0. The van der Waals surface area contributed by atoms with Gasteiger partial charge in [0.25, 0.3) is 0 Å². The number of esters is 1. The van der Waals surface area contributed by atoms with Crippen LogP contribution in [0.3, 0.4) is 0 Å². The van der Waals surface area contributed by atoms with E-state index >= 15 is 0 Å². The number of halogens is 1. The van der Waals surface area contributed by atoms with E-state index in [-0.39, 0.29) is 18.0 Å². The van der Waals surface area contributed by atoms with Gasteiger partial charge in [-0.15, -0.1) is 11.3 Å². The minimum Gasteiger partial charge on any atom is -0.493 e. The number of ether oxygens (including phenoxy) is 3. The van der Waals surface area contributed by atoms with E-state index in [2.05, 4.69) is 12.2 Å². The fourth-order valence-electron chi connectivity index (χ4n) is 3.46. The number of carbonyl (C=O) groups is 2. The lowest BCUT2D eigenvalue weighted by Gasteiger charge is -2.11. The predicted molar refractivity (Wildman–Crippen MR) is 141 cm³/mol. The van der Waals surface area contributed by atoms with E-state index in [1.807, 2.05) is 12.1 Å². The van der Waals surface area contributed by atoms with Gasteiger partial charge in [0, 0.05) is 17.0 Å². The monoisotopic (exact) mass is 511 g/mol. The van der Waals surface area contributed by atoms with Crippen molar-refractivity contribution in [2.75, 3.05) is 25.6 Å². The van der Waals surface area contributed by atoms with Gasteiger partial charge in [-0.25, -0.2) is 9.18 Å². The molecule has 3 aromatic rings. The van der Waals surface area contributed by atoms with Gasteiger partial charge in [0.2, 0.25) is 5.91 Å². The molecule has 0 spiro atoms. The molecule has 1 aromatic heterocycles. The minimum atomic E-state index is -0.559. The molecule has 36 heavy (non-hydrogen) atoms. The Balaban J connectivity index is 1.75. The summed E-state index contributed by atoms with van der Waals surface area (Å²) in [6, 6.07) is 11.2. The van der Waals surface area contributed by atoms with E-state index in [0.29, 0.717) is 34.2 Å². The average Bonchev–Trinajstić information content (AvgIpc) is 3.29. The Morgan fingerprint density at radius 1 is 1.06 bits per heavy atom. The third kappa shape index (κ3) is 7.18. The Bertz CT molecular complexity index is 1200. The molecule has 0 radical (unpaired) electrons. The molecule has 0 unspecified atom stereocenters. The first-order valence-corrected chi connectivity index (χ1v) is 12.7. The third-order valence-corrected chi connectivity index (χ3v) is 6.18. The van der Waals surface area contributed by atoms with Crippen LogP contribution >= 0.6 is 11.3 Å². The standard InChI is InChI=1S/C28H30FNO5S/c1-4-6-7-16-35-23-14-8-19(17-24(23)33-3)9-15-25(31)30-27-26(28(32)34-5-2)22(18-36-27)20-10-12-21(29)13-11-20/h8-15,17-18H,4-7,16H2,1-3H3,(H,30,31)/b15-9+. The smallest absolute Gasteiger partial charge is 0.341 e. The number of hydrogen-bond acceptors (Lipinski definition) is 6. The van der Waals surface area contributed by atoms with Crippen molar-refractivity contribution in [3.05, 3.63) is 70.9 Å². The molecule has 0 fully saturated rings. The molecular weight excluding hydrogens is 481 g/mol. The summed E-state index contributed by atoms with van der Waals surface area (Å²) in [5.41, 5.74) is 2.21. The molecule has 0 saturated carbocycles. The second-order valence-electron chi connectivity index (χ2n) is 7.87. The normalized spacial score (nSPS) is 10.9. The fraction of sp³-hybridized carbons (Fsp3) is 0.286. The van der Waals surface area contributed by atoms with Crippen molar-refractivity contribution in [3.8, 4) is 22.6 Å². The summed E-state index contributed by atoms with van der Waals surface area (Å²) < 4.78 is 29.8. The zero-order chi connectivity index (χ0) is 25.9. The SMILES string of the molecule is CCCCCOc1ccc(/C=C/C(=O)Nc2scc(-c3ccc(F)cc3)c2C(=O)OCC)cc1OC. The van der Waals surface area contributed by atoms with Gasteiger partial charge in [0.15, 0.2) is 11.5 Å². The second kappa shape index (κ2) is 13.4. The number of carbonyl (C=O) groups excluding carboxylic acids is 2. The van der Waals surface area contributed by atoms with Crippen molar-refractivity contribution in [1.82, 2.24) is 0 Å². The molecule has 0 atom stereocenters. The van der Waals surface area contributed by atoms with E-state index in [4.69, 9.17) is 14.2 Å². The maximum Gasteiger partial charge on any atom is 0.341 e. The van der Waals surface area contributed by atoms with Crippen molar-refractivity contribution in [2.24, 2.45) is 0 Å². The van der Waals surface area contributed by atoms with Crippen molar-refractivity contribution in [2.45, 2.75) is 33.1 Å². The molecule has 1 amide bonds. The number of nitrogens with one attached hydrogen (secondary N) is 1. The van der Waals surface area contributed by atoms with Crippen LogP contribution < -0.4 is 14.8 Å². The van der Waals surface area contributed by atoms with Crippen LogP contribution in [-0.2, 0) is 9.53 Å². The maximum absolute atomic E-state index is 13.4. The average molecular weight is 512 g/mol. The fourth-order valence-corrected chi connectivity index (χ4v) is 4.42. The van der Waals surface area contributed by atoms with Crippen molar-refractivity contribution in [1.29, 1.82) is 0 Å². The number of methoxy groups -OCH3 is 1. The van der Waals surface area contributed by atoms with Crippen molar-refractivity contribution < 1.29 is 28.2 Å². The van der Waals surface area contributed by atoms with Gasteiger partial charge in [-0.1, -0.05) is 38.0 Å². The first-order valence-electron chi connectivity index (χ1n) is 11.8. The molecule has 0 bridgehead atoms. The van der Waals surface area contributed by atoms with E-state index < -0.39 is 11.9 Å². The molecule has 1 heterocycles. The highest BCUT2D eigenvalue weighted by atomic mass is 32.1. The second-order valence-corrected chi connectivity index (χ2v) is 8.75. The number of rotatable bonds is 12. The van der Waals surface area contributed by atoms with Gasteiger partial charge in [0.05, 0.1) is 20.3 Å². The number of anilines is 1. The number of benzene rings is 2. The third-order valence-electron chi connectivity index (χ3n) is 5.28. The van der Waals surface area contributed by atoms with Crippen LogP contribution in [0.4, 0.5) is 9.39 Å². The number of unbranched alkanes of at least 4 members (excludes halogenated alkanes) is 2. The number of thiophene rings is 1. The summed E-state index contributed by atoms with van der Waals surface area (Å²) in [5, 5.41) is 4.86. The van der Waals surface area contributed by atoms with Gasteiger partial charge in [0.1, 0.15) is 16.4 Å². The molecule has 0 aliphatic heterocycles. The first-order chi connectivity index (χ1) is 17.5.